The van der Waals surface area contributed by atoms with Crippen LogP contribution < -0.4 is 15.5 Å². The van der Waals surface area contributed by atoms with Crippen molar-refractivity contribution in [3.05, 3.63) is 59.7 Å². The number of nitrogens with zero attached hydrogens (tertiary/aromatic N) is 2. The standard InChI is InChI=1S/C25H32N4OS/c1-19(20-9-13-23(14-10-20)28-15-5-6-16-28)26-25(31)27-22-11-7-21(8-12-22)24(30)29-17-3-2-4-18-29/h7-14,19H,2-6,15-18H2,1H3,(H2,26,27,31)/t19-/m0/s1. The van der Waals surface area contributed by atoms with E-state index in [2.05, 4.69) is 46.7 Å². The van der Waals surface area contributed by atoms with Crippen LogP contribution in [0.4, 0.5) is 11.4 Å². The van der Waals surface area contributed by atoms with E-state index in [4.69, 9.17) is 12.2 Å². The minimum atomic E-state index is 0.104. The number of hydrogen-bond donors (Lipinski definition) is 2. The molecule has 164 valence electrons. The molecule has 0 unspecified atom stereocenters. The maximum Gasteiger partial charge on any atom is 0.253 e. The first kappa shape index (κ1) is 21.6. The zero-order chi connectivity index (χ0) is 21.6. The van der Waals surface area contributed by atoms with Crippen LogP contribution in [0.2, 0.25) is 0 Å². The van der Waals surface area contributed by atoms with Crippen molar-refractivity contribution in [3.8, 4) is 0 Å². The van der Waals surface area contributed by atoms with Crippen molar-refractivity contribution in [1.82, 2.24) is 10.2 Å². The molecule has 2 aromatic rings. The van der Waals surface area contributed by atoms with Gasteiger partial charge in [0.25, 0.3) is 5.91 Å². The van der Waals surface area contributed by atoms with Gasteiger partial charge in [-0.3, -0.25) is 4.79 Å². The summed E-state index contributed by atoms with van der Waals surface area (Å²) in [6, 6.07) is 16.4. The van der Waals surface area contributed by atoms with Crippen molar-refractivity contribution >= 4 is 34.6 Å². The number of anilines is 2. The van der Waals surface area contributed by atoms with Crippen LogP contribution >= 0.6 is 12.2 Å². The van der Waals surface area contributed by atoms with E-state index in [9.17, 15) is 4.79 Å². The number of carbonyl (C=O) groups excluding carboxylic acids is 1. The van der Waals surface area contributed by atoms with Crippen LogP contribution in [0.5, 0.6) is 0 Å². The molecule has 0 aromatic heterocycles. The Morgan fingerprint density at radius 1 is 0.871 bits per heavy atom. The minimum Gasteiger partial charge on any atom is -0.372 e. The predicted octanol–water partition coefficient (Wildman–Crippen LogP) is 4.96. The van der Waals surface area contributed by atoms with Crippen molar-refractivity contribution in [2.75, 3.05) is 36.4 Å². The molecule has 0 spiro atoms. The van der Waals surface area contributed by atoms with Gasteiger partial charge in [-0.25, -0.2) is 0 Å². The van der Waals surface area contributed by atoms with Crippen molar-refractivity contribution in [2.45, 2.75) is 45.1 Å². The van der Waals surface area contributed by atoms with Gasteiger partial charge in [-0.05, 0) is 93.2 Å². The molecule has 5 nitrogen and oxygen atoms in total. The highest BCUT2D eigenvalue weighted by Crippen LogP contribution is 2.23. The third-order valence-electron chi connectivity index (χ3n) is 6.24. The quantitative estimate of drug-likeness (QED) is 0.649. The van der Waals surface area contributed by atoms with Crippen LogP contribution in [0, 0.1) is 0 Å². The molecule has 31 heavy (non-hydrogen) atoms. The highest BCUT2D eigenvalue weighted by Gasteiger charge is 2.18. The zero-order valence-corrected chi connectivity index (χ0v) is 19.1. The number of hydrogen-bond acceptors (Lipinski definition) is 3. The van der Waals surface area contributed by atoms with Gasteiger partial charge in [0.15, 0.2) is 5.11 Å². The molecular weight excluding hydrogens is 404 g/mol. The first-order valence-corrected chi connectivity index (χ1v) is 11.8. The second kappa shape index (κ2) is 10.1. The predicted molar refractivity (Wildman–Crippen MR) is 132 cm³/mol. The van der Waals surface area contributed by atoms with Crippen molar-refractivity contribution in [1.29, 1.82) is 0 Å². The number of carbonyl (C=O) groups is 1. The molecule has 2 aliphatic heterocycles. The molecule has 2 aliphatic rings. The molecule has 0 bridgehead atoms. The SMILES string of the molecule is C[C@H](NC(=S)Nc1ccc(C(=O)N2CCCCC2)cc1)c1ccc(N2CCCC2)cc1. The van der Waals surface area contributed by atoms with Crippen LogP contribution in [-0.4, -0.2) is 42.1 Å². The molecule has 2 saturated heterocycles. The summed E-state index contributed by atoms with van der Waals surface area (Å²) in [4.78, 5) is 17.0. The highest BCUT2D eigenvalue weighted by molar-refractivity contribution is 7.80. The largest absolute Gasteiger partial charge is 0.372 e. The van der Waals surface area contributed by atoms with Crippen LogP contribution in [0.25, 0.3) is 0 Å². The first-order valence-electron chi connectivity index (χ1n) is 11.4. The summed E-state index contributed by atoms with van der Waals surface area (Å²) in [5.41, 5.74) is 4.12. The number of thiocarbonyl (C=S) groups is 1. The normalized spacial score (nSPS) is 17.3. The Morgan fingerprint density at radius 3 is 2.13 bits per heavy atom. The lowest BCUT2D eigenvalue weighted by Crippen LogP contribution is -2.35. The smallest absolute Gasteiger partial charge is 0.253 e. The first-order chi connectivity index (χ1) is 15.1. The molecule has 1 amide bonds. The van der Waals surface area contributed by atoms with E-state index in [0.717, 1.165) is 50.3 Å². The van der Waals surface area contributed by atoms with Crippen molar-refractivity contribution in [3.63, 3.8) is 0 Å². The van der Waals surface area contributed by atoms with E-state index in [0.29, 0.717) is 5.11 Å². The zero-order valence-electron chi connectivity index (χ0n) is 18.3. The minimum absolute atomic E-state index is 0.104. The third kappa shape index (κ3) is 5.56. The van der Waals surface area contributed by atoms with Crippen molar-refractivity contribution in [2.24, 2.45) is 0 Å². The second-order valence-corrected chi connectivity index (χ2v) is 8.94. The topological polar surface area (TPSA) is 47.6 Å². The summed E-state index contributed by atoms with van der Waals surface area (Å²) < 4.78 is 0. The van der Waals surface area contributed by atoms with Gasteiger partial charge in [-0.15, -0.1) is 0 Å². The summed E-state index contributed by atoms with van der Waals surface area (Å²) in [6.45, 7) is 6.15. The fraction of sp³-hybridized carbons (Fsp3) is 0.440. The summed E-state index contributed by atoms with van der Waals surface area (Å²) in [7, 11) is 0. The van der Waals surface area contributed by atoms with E-state index < -0.39 is 0 Å². The third-order valence-corrected chi connectivity index (χ3v) is 6.46. The average Bonchev–Trinajstić information content (AvgIpc) is 3.35. The number of likely N-dealkylation sites (tertiary alicyclic amines) is 1. The van der Waals surface area contributed by atoms with Gasteiger partial charge in [0.1, 0.15) is 0 Å². The van der Waals surface area contributed by atoms with E-state index in [1.165, 1.54) is 30.5 Å². The monoisotopic (exact) mass is 436 g/mol. The number of rotatable bonds is 5. The average molecular weight is 437 g/mol. The van der Waals surface area contributed by atoms with E-state index >= 15 is 0 Å². The maximum absolute atomic E-state index is 12.6. The van der Waals surface area contributed by atoms with Gasteiger partial charge in [-0.2, -0.15) is 0 Å². The molecule has 2 heterocycles. The number of nitrogens with one attached hydrogen (secondary N) is 2. The Hall–Kier alpha value is -2.60. The molecule has 1 atom stereocenters. The van der Waals surface area contributed by atoms with Gasteiger partial charge >= 0.3 is 0 Å². The maximum atomic E-state index is 12.6. The number of piperidine rings is 1. The molecule has 2 aromatic carbocycles. The molecular formula is C25H32N4OS. The number of amides is 1. The van der Waals surface area contributed by atoms with Crippen molar-refractivity contribution < 1.29 is 4.79 Å². The molecule has 0 saturated carbocycles. The Bertz CT molecular complexity index is 885. The second-order valence-electron chi connectivity index (χ2n) is 8.54. The van der Waals surface area contributed by atoms with Gasteiger partial charge < -0.3 is 20.4 Å². The Balaban J connectivity index is 1.29. The lowest BCUT2D eigenvalue weighted by Gasteiger charge is -2.26. The summed E-state index contributed by atoms with van der Waals surface area (Å²) in [5.74, 6) is 0.123. The Morgan fingerprint density at radius 2 is 1.48 bits per heavy atom. The fourth-order valence-electron chi connectivity index (χ4n) is 4.37. The van der Waals surface area contributed by atoms with Crippen LogP contribution in [0.1, 0.15) is 61.0 Å². The summed E-state index contributed by atoms with van der Waals surface area (Å²) in [5, 5.41) is 7.16. The lowest BCUT2D eigenvalue weighted by atomic mass is 10.1. The van der Waals surface area contributed by atoms with Gasteiger partial charge in [0, 0.05) is 43.1 Å². The fourth-order valence-corrected chi connectivity index (χ4v) is 4.67. The van der Waals surface area contributed by atoms with E-state index in [1.807, 2.05) is 29.2 Å². The van der Waals surface area contributed by atoms with Crippen LogP contribution in [0.15, 0.2) is 48.5 Å². The molecule has 0 radical (unpaired) electrons. The highest BCUT2D eigenvalue weighted by atomic mass is 32.1. The van der Waals surface area contributed by atoms with E-state index in [1.54, 1.807) is 0 Å². The summed E-state index contributed by atoms with van der Waals surface area (Å²) in [6.07, 6.45) is 5.99. The van der Waals surface area contributed by atoms with Gasteiger partial charge in [0.2, 0.25) is 0 Å². The Kier molecular flexibility index (Phi) is 7.07. The van der Waals surface area contributed by atoms with Crippen LogP contribution in [-0.2, 0) is 0 Å². The molecule has 0 aliphatic carbocycles. The number of benzene rings is 2. The lowest BCUT2D eigenvalue weighted by molar-refractivity contribution is 0.0724. The Labute approximate surface area is 190 Å². The van der Waals surface area contributed by atoms with E-state index in [-0.39, 0.29) is 11.9 Å². The van der Waals surface area contributed by atoms with Gasteiger partial charge in [-0.1, -0.05) is 12.1 Å². The van der Waals surface area contributed by atoms with Crippen LogP contribution in [0.3, 0.4) is 0 Å². The van der Waals surface area contributed by atoms with Gasteiger partial charge in [0.05, 0.1) is 6.04 Å². The molecule has 2 N–H and O–H groups in total. The molecule has 2 fully saturated rings. The molecule has 4 rings (SSSR count). The summed E-state index contributed by atoms with van der Waals surface area (Å²) >= 11 is 5.51. The molecule has 6 heteroatoms.